The van der Waals surface area contributed by atoms with Gasteiger partial charge in [0.2, 0.25) is 0 Å². The van der Waals surface area contributed by atoms with Crippen LogP contribution in [0, 0.1) is 0 Å². The second kappa shape index (κ2) is 6.99. The van der Waals surface area contributed by atoms with Crippen LogP contribution in [-0.4, -0.2) is 30.1 Å². The SMILES string of the molecule is COC(=O)c1ccc(Nc2ccc(NC(=O)NC3CC3)nc2)cc1. The van der Waals surface area contributed by atoms with Crippen LogP contribution in [-0.2, 0) is 4.74 Å². The topological polar surface area (TPSA) is 92.4 Å². The minimum Gasteiger partial charge on any atom is -0.465 e. The highest BCUT2D eigenvalue weighted by Gasteiger charge is 2.23. The molecule has 1 saturated carbocycles. The van der Waals surface area contributed by atoms with Crippen molar-refractivity contribution < 1.29 is 14.3 Å². The summed E-state index contributed by atoms with van der Waals surface area (Å²) in [6.07, 6.45) is 3.71. The Hall–Kier alpha value is -3.09. The molecular weight excluding hydrogens is 308 g/mol. The van der Waals surface area contributed by atoms with Crippen LogP contribution in [0.3, 0.4) is 0 Å². The lowest BCUT2D eigenvalue weighted by Crippen LogP contribution is -2.30. The van der Waals surface area contributed by atoms with Gasteiger partial charge in [0.05, 0.1) is 24.6 Å². The van der Waals surface area contributed by atoms with Crippen molar-refractivity contribution in [3.63, 3.8) is 0 Å². The minimum absolute atomic E-state index is 0.232. The molecule has 1 aliphatic rings. The van der Waals surface area contributed by atoms with Crippen LogP contribution >= 0.6 is 0 Å². The predicted molar refractivity (Wildman–Crippen MR) is 90.5 cm³/mol. The van der Waals surface area contributed by atoms with Gasteiger partial charge in [0.15, 0.2) is 0 Å². The monoisotopic (exact) mass is 326 g/mol. The van der Waals surface area contributed by atoms with Crippen molar-refractivity contribution in [2.45, 2.75) is 18.9 Å². The number of carbonyl (C=O) groups is 2. The minimum atomic E-state index is -0.372. The van der Waals surface area contributed by atoms with E-state index in [1.807, 2.05) is 6.07 Å². The second-order valence-electron chi connectivity index (χ2n) is 5.50. The van der Waals surface area contributed by atoms with Crippen molar-refractivity contribution in [2.75, 3.05) is 17.7 Å². The van der Waals surface area contributed by atoms with Gasteiger partial charge >= 0.3 is 12.0 Å². The van der Waals surface area contributed by atoms with Crippen LogP contribution in [0.2, 0.25) is 0 Å². The Morgan fingerprint density at radius 1 is 1.08 bits per heavy atom. The van der Waals surface area contributed by atoms with Crippen molar-refractivity contribution in [1.29, 1.82) is 0 Å². The number of amides is 2. The lowest BCUT2D eigenvalue weighted by Gasteiger charge is -2.09. The van der Waals surface area contributed by atoms with Crippen molar-refractivity contribution in [3.8, 4) is 0 Å². The number of esters is 1. The summed E-state index contributed by atoms with van der Waals surface area (Å²) in [5.41, 5.74) is 2.08. The highest BCUT2D eigenvalue weighted by molar-refractivity contribution is 5.90. The summed E-state index contributed by atoms with van der Waals surface area (Å²) in [5.74, 6) is 0.114. The summed E-state index contributed by atoms with van der Waals surface area (Å²) in [6.45, 7) is 0. The molecule has 7 heteroatoms. The van der Waals surface area contributed by atoms with Gasteiger partial charge in [-0.3, -0.25) is 5.32 Å². The zero-order valence-electron chi connectivity index (χ0n) is 13.2. The van der Waals surface area contributed by atoms with Crippen molar-refractivity contribution >= 4 is 29.2 Å². The molecule has 1 aromatic heterocycles. The summed E-state index contributed by atoms with van der Waals surface area (Å²) >= 11 is 0. The normalized spacial score (nSPS) is 13.0. The quantitative estimate of drug-likeness (QED) is 0.735. The van der Waals surface area contributed by atoms with Crippen molar-refractivity contribution in [1.82, 2.24) is 10.3 Å². The number of pyridine rings is 1. The van der Waals surface area contributed by atoms with E-state index in [2.05, 4.69) is 25.7 Å². The molecule has 0 bridgehead atoms. The van der Waals surface area contributed by atoms with Gasteiger partial charge in [0.1, 0.15) is 5.82 Å². The number of hydrogen-bond donors (Lipinski definition) is 3. The van der Waals surface area contributed by atoms with E-state index in [0.717, 1.165) is 24.2 Å². The molecule has 0 radical (unpaired) electrons. The van der Waals surface area contributed by atoms with E-state index in [0.29, 0.717) is 17.4 Å². The van der Waals surface area contributed by atoms with Gasteiger partial charge in [0.25, 0.3) is 0 Å². The molecular formula is C17H18N4O3. The molecule has 0 unspecified atom stereocenters. The number of ether oxygens (including phenoxy) is 1. The molecule has 1 fully saturated rings. The number of rotatable bonds is 5. The molecule has 0 saturated heterocycles. The Labute approximate surface area is 139 Å². The molecule has 2 aromatic rings. The lowest BCUT2D eigenvalue weighted by atomic mass is 10.2. The zero-order chi connectivity index (χ0) is 16.9. The van der Waals surface area contributed by atoms with Gasteiger partial charge in [-0.2, -0.15) is 0 Å². The smallest absolute Gasteiger partial charge is 0.337 e. The van der Waals surface area contributed by atoms with E-state index in [9.17, 15) is 9.59 Å². The molecule has 0 spiro atoms. The summed E-state index contributed by atoms with van der Waals surface area (Å²) in [6, 6.07) is 10.5. The maximum Gasteiger partial charge on any atom is 0.337 e. The Kier molecular flexibility index (Phi) is 4.60. The first-order valence-corrected chi connectivity index (χ1v) is 7.63. The number of nitrogens with zero attached hydrogens (tertiary/aromatic N) is 1. The number of hydrogen-bond acceptors (Lipinski definition) is 5. The third kappa shape index (κ3) is 4.22. The number of anilines is 3. The Balaban J connectivity index is 1.57. The van der Waals surface area contributed by atoms with E-state index in [4.69, 9.17) is 0 Å². The molecule has 7 nitrogen and oxygen atoms in total. The summed E-state index contributed by atoms with van der Waals surface area (Å²) in [5, 5.41) is 8.69. The molecule has 124 valence electrons. The Bertz CT molecular complexity index is 725. The molecule has 2 amide bonds. The van der Waals surface area contributed by atoms with Crippen LogP contribution in [0.25, 0.3) is 0 Å². The Morgan fingerprint density at radius 2 is 1.79 bits per heavy atom. The highest BCUT2D eigenvalue weighted by Crippen LogP contribution is 2.20. The van der Waals surface area contributed by atoms with E-state index in [-0.39, 0.29) is 12.0 Å². The summed E-state index contributed by atoms with van der Waals surface area (Å²) < 4.78 is 4.66. The maximum absolute atomic E-state index is 11.6. The lowest BCUT2D eigenvalue weighted by molar-refractivity contribution is 0.0600. The fourth-order valence-electron chi connectivity index (χ4n) is 2.08. The first kappa shape index (κ1) is 15.8. The number of benzene rings is 1. The summed E-state index contributed by atoms with van der Waals surface area (Å²) in [7, 11) is 1.35. The average molecular weight is 326 g/mol. The molecule has 1 aliphatic carbocycles. The molecule has 0 aliphatic heterocycles. The largest absolute Gasteiger partial charge is 0.465 e. The molecule has 0 atom stereocenters. The van der Waals surface area contributed by atoms with Crippen molar-refractivity contribution in [2.24, 2.45) is 0 Å². The fraction of sp³-hybridized carbons (Fsp3) is 0.235. The summed E-state index contributed by atoms with van der Waals surface area (Å²) in [4.78, 5) is 27.2. The first-order valence-electron chi connectivity index (χ1n) is 7.63. The highest BCUT2D eigenvalue weighted by atomic mass is 16.5. The fourth-order valence-corrected chi connectivity index (χ4v) is 2.08. The van der Waals surface area contributed by atoms with Gasteiger partial charge in [-0.1, -0.05) is 0 Å². The molecule has 24 heavy (non-hydrogen) atoms. The zero-order valence-corrected chi connectivity index (χ0v) is 13.2. The Morgan fingerprint density at radius 3 is 2.38 bits per heavy atom. The standard InChI is InChI=1S/C17H18N4O3/c1-24-16(22)11-2-4-12(5-3-11)19-14-8-9-15(18-10-14)21-17(23)20-13-6-7-13/h2-5,8-10,13,19H,6-7H2,1H3,(H2,18,20,21,23). The third-order valence-corrected chi connectivity index (χ3v) is 3.51. The second-order valence-corrected chi connectivity index (χ2v) is 5.50. The van der Waals surface area contributed by atoms with Crippen LogP contribution in [0.15, 0.2) is 42.6 Å². The maximum atomic E-state index is 11.6. The molecule has 3 N–H and O–H groups in total. The van der Waals surface area contributed by atoms with Crippen LogP contribution in [0.5, 0.6) is 0 Å². The number of methoxy groups -OCH3 is 1. The van der Waals surface area contributed by atoms with E-state index in [1.165, 1.54) is 7.11 Å². The van der Waals surface area contributed by atoms with E-state index in [1.54, 1.807) is 36.5 Å². The van der Waals surface area contributed by atoms with E-state index >= 15 is 0 Å². The molecule has 1 heterocycles. The van der Waals surface area contributed by atoms with Crippen LogP contribution < -0.4 is 16.0 Å². The van der Waals surface area contributed by atoms with Gasteiger partial charge in [-0.15, -0.1) is 0 Å². The van der Waals surface area contributed by atoms with E-state index < -0.39 is 0 Å². The number of carbonyl (C=O) groups excluding carboxylic acids is 2. The van der Waals surface area contributed by atoms with Gasteiger partial charge in [-0.25, -0.2) is 14.6 Å². The average Bonchev–Trinajstić information content (AvgIpc) is 3.40. The van der Waals surface area contributed by atoms with Crippen LogP contribution in [0.4, 0.5) is 22.0 Å². The number of nitrogens with one attached hydrogen (secondary N) is 3. The number of urea groups is 1. The molecule has 1 aromatic carbocycles. The van der Waals surface area contributed by atoms with Crippen LogP contribution in [0.1, 0.15) is 23.2 Å². The third-order valence-electron chi connectivity index (χ3n) is 3.51. The molecule has 3 rings (SSSR count). The first-order chi connectivity index (χ1) is 11.6. The van der Waals surface area contributed by atoms with Crippen molar-refractivity contribution in [3.05, 3.63) is 48.2 Å². The predicted octanol–water partition coefficient (Wildman–Crippen LogP) is 2.90. The number of aromatic nitrogens is 1. The van der Waals surface area contributed by atoms with Gasteiger partial charge in [-0.05, 0) is 49.2 Å². The van der Waals surface area contributed by atoms with Gasteiger partial charge < -0.3 is 15.4 Å². The van der Waals surface area contributed by atoms with Gasteiger partial charge in [0, 0.05) is 11.7 Å².